The lowest BCUT2D eigenvalue weighted by Crippen LogP contribution is -2.36. The zero-order valence-electron chi connectivity index (χ0n) is 11.0. The van der Waals surface area contributed by atoms with Crippen LogP contribution in [0.5, 0.6) is 0 Å². The van der Waals surface area contributed by atoms with Crippen LogP contribution in [0.2, 0.25) is 0 Å². The zero-order chi connectivity index (χ0) is 15.0. The van der Waals surface area contributed by atoms with Crippen LogP contribution in [0, 0.1) is 0 Å². The van der Waals surface area contributed by atoms with Gasteiger partial charge in [0.25, 0.3) is 0 Å². The Morgan fingerprint density at radius 3 is 2.50 bits per heavy atom. The van der Waals surface area contributed by atoms with Crippen molar-refractivity contribution >= 4 is 19.9 Å². The summed E-state index contributed by atoms with van der Waals surface area (Å²) in [6.07, 6.45) is 0.540. The van der Waals surface area contributed by atoms with E-state index in [-0.39, 0.29) is 0 Å². The molecule has 2 atom stereocenters. The second kappa shape index (κ2) is 5.44. The van der Waals surface area contributed by atoms with Gasteiger partial charge in [0, 0.05) is 12.7 Å². The molecule has 0 radical (unpaired) electrons. The number of sulfonamides is 1. The highest BCUT2D eigenvalue weighted by molar-refractivity contribution is 7.93. The molecule has 0 fully saturated rings. The molecular formula is C12H17NO5S2. The molecule has 0 saturated carbocycles. The number of aliphatic hydroxyl groups is 1. The fourth-order valence-corrected chi connectivity index (χ4v) is 5.11. The molecule has 0 saturated heterocycles. The summed E-state index contributed by atoms with van der Waals surface area (Å²) < 4.78 is 48.3. The van der Waals surface area contributed by atoms with E-state index in [0.29, 0.717) is 6.42 Å². The van der Waals surface area contributed by atoms with Gasteiger partial charge in [0.05, 0.1) is 23.7 Å². The molecule has 2 N–H and O–H groups in total. The van der Waals surface area contributed by atoms with Crippen LogP contribution in [0.25, 0.3) is 0 Å². The maximum absolute atomic E-state index is 11.9. The highest BCUT2D eigenvalue weighted by atomic mass is 32.2. The maximum Gasteiger partial charge on any atom is 0.213 e. The van der Waals surface area contributed by atoms with Crippen LogP contribution in [0.4, 0.5) is 0 Å². The fourth-order valence-electron chi connectivity index (χ4n) is 2.23. The minimum atomic E-state index is -3.76. The zero-order valence-corrected chi connectivity index (χ0v) is 12.6. The van der Waals surface area contributed by atoms with Crippen molar-refractivity contribution in [2.24, 2.45) is 0 Å². The van der Waals surface area contributed by atoms with E-state index in [4.69, 9.17) is 0 Å². The van der Waals surface area contributed by atoms with Crippen LogP contribution < -0.4 is 4.72 Å². The summed E-state index contributed by atoms with van der Waals surface area (Å²) in [5.41, 5.74) is 1.64. The molecule has 1 aromatic rings. The fraction of sp³-hybridized carbons (Fsp3) is 0.500. The molecule has 2 rings (SSSR count). The van der Waals surface area contributed by atoms with Crippen molar-refractivity contribution in [3.8, 4) is 0 Å². The molecule has 8 heteroatoms. The third-order valence-corrected chi connectivity index (χ3v) is 5.79. The standard InChI is InChI=1S/C12H17NO5S2/c1-19(15,16)6-7-20(17,18)13-12-10-5-3-2-4-9(10)8-11(12)14/h2-5,11-14H,6-8H2,1H3/t11-,12+/m1/s1. The summed E-state index contributed by atoms with van der Waals surface area (Å²) in [4.78, 5) is 0. The van der Waals surface area contributed by atoms with Gasteiger partial charge in [-0.25, -0.2) is 21.6 Å². The number of sulfone groups is 1. The molecule has 0 aromatic heterocycles. The Hall–Kier alpha value is -0.960. The summed E-state index contributed by atoms with van der Waals surface area (Å²) in [7, 11) is -7.11. The smallest absolute Gasteiger partial charge is 0.213 e. The van der Waals surface area contributed by atoms with Gasteiger partial charge in [-0.3, -0.25) is 0 Å². The molecule has 1 aliphatic rings. The second-order valence-corrected chi connectivity index (χ2v) is 9.15. The van der Waals surface area contributed by atoms with Crippen LogP contribution in [-0.4, -0.2) is 45.8 Å². The van der Waals surface area contributed by atoms with Gasteiger partial charge in [0.2, 0.25) is 10.0 Å². The molecule has 0 spiro atoms. The Bertz CT molecular complexity index is 696. The summed E-state index contributed by atoms with van der Waals surface area (Å²) in [6, 6.07) is 6.48. The van der Waals surface area contributed by atoms with Gasteiger partial charge in [0.1, 0.15) is 9.84 Å². The van der Waals surface area contributed by atoms with Crippen molar-refractivity contribution in [3.63, 3.8) is 0 Å². The van der Waals surface area contributed by atoms with E-state index in [1.54, 1.807) is 12.1 Å². The monoisotopic (exact) mass is 319 g/mol. The highest BCUT2D eigenvalue weighted by Crippen LogP contribution is 2.31. The molecule has 0 unspecified atom stereocenters. The van der Waals surface area contributed by atoms with Crippen LogP contribution in [-0.2, 0) is 26.3 Å². The predicted molar refractivity (Wildman–Crippen MR) is 75.5 cm³/mol. The lowest BCUT2D eigenvalue weighted by Gasteiger charge is -2.17. The highest BCUT2D eigenvalue weighted by Gasteiger charge is 2.33. The van der Waals surface area contributed by atoms with Crippen LogP contribution in [0.3, 0.4) is 0 Å². The van der Waals surface area contributed by atoms with Crippen LogP contribution in [0.15, 0.2) is 24.3 Å². The van der Waals surface area contributed by atoms with Crippen molar-refractivity contribution < 1.29 is 21.9 Å². The maximum atomic E-state index is 11.9. The second-order valence-electron chi connectivity index (χ2n) is 5.01. The summed E-state index contributed by atoms with van der Waals surface area (Å²) in [6.45, 7) is 0. The van der Waals surface area contributed by atoms with Gasteiger partial charge in [0.15, 0.2) is 0 Å². The minimum absolute atomic E-state index is 0.384. The van der Waals surface area contributed by atoms with Crippen LogP contribution in [0.1, 0.15) is 17.2 Å². The van der Waals surface area contributed by atoms with E-state index in [9.17, 15) is 21.9 Å². The number of nitrogens with one attached hydrogen (secondary N) is 1. The van der Waals surface area contributed by atoms with E-state index >= 15 is 0 Å². The summed E-state index contributed by atoms with van der Waals surface area (Å²) >= 11 is 0. The van der Waals surface area contributed by atoms with E-state index < -0.39 is 43.5 Å². The Morgan fingerprint density at radius 1 is 1.20 bits per heavy atom. The SMILES string of the molecule is CS(=O)(=O)CCS(=O)(=O)N[C@H]1c2ccccc2C[C@H]1O. The van der Waals surface area contributed by atoms with Crippen molar-refractivity contribution in [1.29, 1.82) is 0 Å². The number of rotatable bonds is 5. The van der Waals surface area contributed by atoms with Gasteiger partial charge in [-0.05, 0) is 11.1 Å². The molecule has 1 aliphatic carbocycles. The normalized spacial score (nSPS) is 22.7. The minimum Gasteiger partial charge on any atom is -0.391 e. The molecule has 0 heterocycles. The number of benzene rings is 1. The number of hydrogen-bond donors (Lipinski definition) is 2. The van der Waals surface area contributed by atoms with Gasteiger partial charge in [-0.2, -0.15) is 0 Å². The first-order valence-electron chi connectivity index (χ1n) is 6.11. The number of hydrogen-bond acceptors (Lipinski definition) is 5. The summed E-state index contributed by atoms with van der Waals surface area (Å²) in [5.74, 6) is -0.940. The molecular weight excluding hydrogens is 302 g/mol. The molecule has 0 bridgehead atoms. The van der Waals surface area contributed by atoms with E-state index in [0.717, 1.165) is 17.4 Å². The van der Waals surface area contributed by atoms with Gasteiger partial charge >= 0.3 is 0 Å². The lowest BCUT2D eigenvalue weighted by molar-refractivity contribution is 0.151. The van der Waals surface area contributed by atoms with Crippen molar-refractivity contribution in [1.82, 2.24) is 4.72 Å². The van der Waals surface area contributed by atoms with E-state index in [2.05, 4.69) is 4.72 Å². The first-order valence-corrected chi connectivity index (χ1v) is 9.83. The molecule has 0 amide bonds. The Morgan fingerprint density at radius 2 is 1.85 bits per heavy atom. The number of aliphatic hydroxyl groups excluding tert-OH is 1. The van der Waals surface area contributed by atoms with Gasteiger partial charge in [-0.15, -0.1) is 0 Å². The molecule has 6 nitrogen and oxygen atoms in total. The Labute approximate surface area is 118 Å². The summed E-state index contributed by atoms with van der Waals surface area (Å²) in [5, 5.41) is 9.96. The van der Waals surface area contributed by atoms with Crippen molar-refractivity contribution in [2.75, 3.05) is 17.8 Å². The van der Waals surface area contributed by atoms with Gasteiger partial charge < -0.3 is 5.11 Å². The Kier molecular flexibility index (Phi) is 4.19. The lowest BCUT2D eigenvalue weighted by atomic mass is 10.1. The molecule has 0 aliphatic heterocycles. The van der Waals surface area contributed by atoms with E-state index in [1.165, 1.54) is 0 Å². The quantitative estimate of drug-likeness (QED) is 0.770. The van der Waals surface area contributed by atoms with Crippen LogP contribution >= 0.6 is 0 Å². The molecule has 112 valence electrons. The third kappa shape index (κ3) is 3.78. The first-order chi connectivity index (χ1) is 9.18. The van der Waals surface area contributed by atoms with Gasteiger partial charge in [-0.1, -0.05) is 24.3 Å². The average Bonchev–Trinajstić information content (AvgIpc) is 2.63. The first kappa shape index (κ1) is 15.4. The number of fused-ring (bicyclic) bond motifs is 1. The third-order valence-electron chi connectivity index (χ3n) is 3.23. The molecule has 1 aromatic carbocycles. The van der Waals surface area contributed by atoms with E-state index in [1.807, 2.05) is 12.1 Å². The van der Waals surface area contributed by atoms with Crippen molar-refractivity contribution in [2.45, 2.75) is 18.6 Å². The van der Waals surface area contributed by atoms with Crippen molar-refractivity contribution in [3.05, 3.63) is 35.4 Å². The Balaban J connectivity index is 2.14. The molecule has 20 heavy (non-hydrogen) atoms. The largest absolute Gasteiger partial charge is 0.391 e. The average molecular weight is 319 g/mol. The predicted octanol–water partition coefficient (Wildman–Crippen LogP) is -0.391. The topological polar surface area (TPSA) is 101 Å².